The fraction of sp³-hybridized carbons (Fsp3) is 0.200. The van der Waals surface area contributed by atoms with Crippen molar-refractivity contribution in [3.8, 4) is 11.5 Å². The molecule has 3 rings (SSSR count). The van der Waals surface area contributed by atoms with E-state index in [1.54, 1.807) is 31.2 Å². The smallest absolute Gasteiger partial charge is 0.252 e. The average molecular weight is 271 g/mol. The van der Waals surface area contributed by atoms with Crippen LogP contribution in [-0.2, 0) is 10.2 Å². The summed E-state index contributed by atoms with van der Waals surface area (Å²) < 4.78 is 11.0. The van der Waals surface area contributed by atoms with Crippen molar-refractivity contribution >= 4 is 11.7 Å². The number of primary amides is 1. The molecule has 0 saturated carbocycles. The number of carbonyl (C=O) groups excluding carboxylic acids is 2. The van der Waals surface area contributed by atoms with Gasteiger partial charge in [0.1, 0.15) is 22.7 Å². The Hall–Kier alpha value is -2.56. The van der Waals surface area contributed by atoms with E-state index < -0.39 is 11.3 Å². The number of methoxy groups -OCH3 is 1. The second-order valence-electron chi connectivity index (χ2n) is 4.87. The van der Waals surface area contributed by atoms with Crippen LogP contribution in [0.25, 0.3) is 0 Å². The molecular weight excluding hydrogens is 258 g/mol. The number of fused-ring (bicyclic) bond motifs is 3. The van der Waals surface area contributed by atoms with Gasteiger partial charge in [0, 0.05) is 0 Å². The van der Waals surface area contributed by atoms with Gasteiger partial charge in [0.25, 0.3) is 5.91 Å². The third-order valence-corrected chi connectivity index (χ3v) is 3.80. The number of carbonyl (C=O) groups is 2. The zero-order chi connectivity index (χ0) is 14.5. The second-order valence-corrected chi connectivity index (χ2v) is 4.87. The van der Waals surface area contributed by atoms with Gasteiger partial charge in [-0.1, -0.05) is 6.08 Å². The Bertz CT molecular complexity index is 702. The van der Waals surface area contributed by atoms with Crippen molar-refractivity contribution in [3.05, 3.63) is 47.2 Å². The maximum absolute atomic E-state index is 12.3. The Kier molecular flexibility index (Phi) is 2.47. The molecule has 0 radical (unpaired) electrons. The highest BCUT2D eigenvalue weighted by molar-refractivity contribution is 6.06. The van der Waals surface area contributed by atoms with E-state index in [1.165, 1.54) is 13.2 Å². The van der Waals surface area contributed by atoms with Gasteiger partial charge in [-0.3, -0.25) is 9.59 Å². The molecule has 5 nitrogen and oxygen atoms in total. The first-order chi connectivity index (χ1) is 9.50. The monoisotopic (exact) mass is 271 g/mol. The summed E-state index contributed by atoms with van der Waals surface area (Å²) in [6, 6.07) is 3.17. The summed E-state index contributed by atoms with van der Waals surface area (Å²) in [5.41, 5.74) is 5.19. The van der Waals surface area contributed by atoms with Crippen molar-refractivity contribution in [3.63, 3.8) is 0 Å². The van der Waals surface area contributed by atoms with Gasteiger partial charge in [-0.2, -0.15) is 0 Å². The molecule has 0 spiro atoms. The number of hydrogen-bond acceptors (Lipinski definition) is 4. The van der Waals surface area contributed by atoms with Crippen LogP contribution in [-0.4, -0.2) is 18.8 Å². The van der Waals surface area contributed by atoms with E-state index in [-0.39, 0.29) is 11.3 Å². The molecule has 1 aliphatic carbocycles. The van der Waals surface area contributed by atoms with Crippen LogP contribution in [0, 0.1) is 0 Å². The molecule has 1 aromatic rings. The minimum absolute atomic E-state index is 0.117. The van der Waals surface area contributed by atoms with Crippen LogP contribution in [0.1, 0.15) is 22.8 Å². The highest BCUT2D eigenvalue weighted by atomic mass is 16.5. The lowest BCUT2D eigenvalue weighted by Gasteiger charge is -2.24. The van der Waals surface area contributed by atoms with Crippen LogP contribution in [0.2, 0.25) is 0 Å². The van der Waals surface area contributed by atoms with Crippen molar-refractivity contribution in [2.75, 3.05) is 7.11 Å². The first-order valence-corrected chi connectivity index (χ1v) is 6.12. The largest absolute Gasteiger partial charge is 0.496 e. The molecule has 1 heterocycles. The molecular formula is C15H13NO4. The summed E-state index contributed by atoms with van der Waals surface area (Å²) in [4.78, 5) is 23.9. The van der Waals surface area contributed by atoms with Crippen LogP contribution in [0.4, 0.5) is 0 Å². The molecule has 102 valence electrons. The molecule has 20 heavy (non-hydrogen) atoms. The average Bonchev–Trinajstić information content (AvgIpc) is 2.73. The van der Waals surface area contributed by atoms with Crippen molar-refractivity contribution in [2.24, 2.45) is 5.73 Å². The van der Waals surface area contributed by atoms with Crippen LogP contribution in [0.3, 0.4) is 0 Å². The molecule has 1 aliphatic heterocycles. The third kappa shape index (κ3) is 1.37. The Morgan fingerprint density at radius 3 is 2.80 bits per heavy atom. The number of nitrogens with two attached hydrogens (primary N) is 1. The molecule has 1 unspecified atom stereocenters. The van der Waals surface area contributed by atoms with Gasteiger partial charge in [0.2, 0.25) is 0 Å². The van der Waals surface area contributed by atoms with Gasteiger partial charge in [-0.15, -0.1) is 0 Å². The summed E-state index contributed by atoms with van der Waals surface area (Å²) in [7, 11) is 1.51. The summed E-state index contributed by atoms with van der Waals surface area (Å²) >= 11 is 0. The predicted octanol–water partition coefficient (Wildman–Crippen LogP) is 1.47. The summed E-state index contributed by atoms with van der Waals surface area (Å²) in [6.45, 7) is 1.75. The Balaban J connectivity index is 2.35. The molecule has 2 N–H and O–H groups in total. The fourth-order valence-electron chi connectivity index (χ4n) is 2.68. The SMILES string of the molecule is COc1ccc(C(N)=O)c2c1C1(C)C(=O)C=CC=C1O2. The molecule has 1 atom stereocenters. The summed E-state index contributed by atoms with van der Waals surface area (Å²) in [5.74, 6) is 0.565. The van der Waals surface area contributed by atoms with Gasteiger partial charge >= 0.3 is 0 Å². The lowest BCUT2D eigenvalue weighted by atomic mass is 9.75. The van der Waals surface area contributed by atoms with Gasteiger partial charge < -0.3 is 15.2 Å². The minimum Gasteiger partial charge on any atom is -0.496 e. The summed E-state index contributed by atoms with van der Waals surface area (Å²) in [6.07, 6.45) is 4.83. The van der Waals surface area contributed by atoms with E-state index in [2.05, 4.69) is 0 Å². The lowest BCUT2D eigenvalue weighted by molar-refractivity contribution is -0.118. The number of hydrogen-bond donors (Lipinski definition) is 1. The van der Waals surface area contributed by atoms with E-state index in [0.29, 0.717) is 22.8 Å². The lowest BCUT2D eigenvalue weighted by Crippen LogP contribution is -2.33. The Morgan fingerprint density at radius 2 is 2.15 bits per heavy atom. The minimum atomic E-state index is -0.971. The molecule has 0 aromatic heterocycles. The van der Waals surface area contributed by atoms with E-state index in [4.69, 9.17) is 15.2 Å². The maximum Gasteiger partial charge on any atom is 0.252 e. The zero-order valence-electron chi connectivity index (χ0n) is 11.1. The van der Waals surface area contributed by atoms with E-state index >= 15 is 0 Å². The summed E-state index contributed by atoms with van der Waals surface area (Å²) in [5, 5.41) is 0. The quantitative estimate of drug-likeness (QED) is 0.883. The number of ketones is 1. The molecule has 0 bridgehead atoms. The van der Waals surface area contributed by atoms with E-state index in [9.17, 15) is 9.59 Å². The molecule has 0 saturated heterocycles. The van der Waals surface area contributed by atoms with Crippen LogP contribution >= 0.6 is 0 Å². The van der Waals surface area contributed by atoms with Crippen molar-refractivity contribution in [2.45, 2.75) is 12.3 Å². The third-order valence-electron chi connectivity index (χ3n) is 3.80. The Morgan fingerprint density at radius 1 is 1.40 bits per heavy atom. The first kappa shape index (κ1) is 12.5. The predicted molar refractivity (Wildman–Crippen MR) is 71.7 cm³/mol. The van der Waals surface area contributed by atoms with Crippen molar-refractivity contribution in [1.29, 1.82) is 0 Å². The normalized spacial score (nSPS) is 22.7. The molecule has 1 amide bonds. The zero-order valence-corrected chi connectivity index (χ0v) is 11.1. The number of allylic oxidation sites excluding steroid dienone is 4. The second kappa shape index (κ2) is 3.96. The maximum atomic E-state index is 12.3. The van der Waals surface area contributed by atoms with Gasteiger partial charge in [-0.25, -0.2) is 0 Å². The van der Waals surface area contributed by atoms with Gasteiger partial charge in [0.05, 0.1) is 18.2 Å². The number of ether oxygens (including phenoxy) is 2. The molecule has 0 fully saturated rings. The Labute approximate surface area is 115 Å². The number of benzene rings is 1. The van der Waals surface area contributed by atoms with Crippen LogP contribution in [0.5, 0.6) is 11.5 Å². The number of amides is 1. The first-order valence-electron chi connectivity index (χ1n) is 6.12. The van der Waals surface area contributed by atoms with Crippen molar-refractivity contribution in [1.82, 2.24) is 0 Å². The van der Waals surface area contributed by atoms with Crippen LogP contribution in [0.15, 0.2) is 36.1 Å². The van der Waals surface area contributed by atoms with E-state index in [0.717, 1.165) is 0 Å². The highest BCUT2D eigenvalue weighted by Gasteiger charge is 2.50. The molecule has 5 heteroatoms. The fourth-order valence-corrected chi connectivity index (χ4v) is 2.68. The number of rotatable bonds is 2. The van der Waals surface area contributed by atoms with Crippen LogP contribution < -0.4 is 15.2 Å². The van der Waals surface area contributed by atoms with E-state index in [1.807, 2.05) is 0 Å². The van der Waals surface area contributed by atoms with Gasteiger partial charge in [0.15, 0.2) is 5.78 Å². The highest BCUT2D eigenvalue weighted by Crippen LogP contribution is 2.52. The standard InChI is InChI=1S/C15H13NO4/c1-15-10(17)4-3-5-11(15)20-13-8(14(16)18)6-7-9(19-2)12(13)15/h3-7H,1-2H3,(H2,16,18). The topological polar surface area (TPSA) is 78.6 Å². The van der Waals surface area contributed by atoms with Crippen molar-refractivity contribution < 1.29 is 19.1 Å². The molecule has 2 aliphatic rings. The van der Waals surface area contributed by atoms with Gasteiger partial charge in [-0.05, 0) is 31.2 Å². The molecule has 1 aromatic carbocycles.